The van der Waals surface area contributed by atoms with E-state index in [0.29, 0.717) is 17.9 Å². The summed E-state index contributed by atoms with van der Waals surface area (Å²) in [5.74, 6) is 1.94. The number of hydrogen-bond donors (Lipinski definition) is 0. The number of benzene rings is 2. The summed E-state index contributed by atoms with van der Waals surface area (Å²) in [6, 6.07) is 18.9. The molecule has 2 saturated heterocycles. The number of carbonyl (C=O) groups excluding carboxylic acids is 1. The number of ether oxygens (including phenoxy) is 1. The molecule has 0 bridgehead atoms. The van der Waals surface area contributed by atoms with Gasteiger partial charge < -0.3 is 9.64 Å². The Hall–Kier alpha value is -2.04. The van der Waals surface area contributed by atoms with Gasteiger partial charge in [0.15, 0.2) is 6.61 Å². The SMILES string of the molecule is Cc1ccccc1OCC(=O)N1C[C@@H]2CN(C)[C@@H](c3ccccc3)[C@@H]2C1.Cl. The second kappa shape index (κ2) is 8.32. The van der Waals surface area contributed by atoms with Crippen LogP contribution in [0.3, 0.4) is 0 Å². The highest BCUT2D eigenvalue weighted by Crippen LogP contribution is 2.43. The third-order valence-electron chi connectivity index (χ3n) is 5.83. The Kier molecular flexibility index (Phi) is 6.08. The largest absolute Gasteiger partial charge is 0.484 e. The monoisotopic (exact) mass is 386 g/mol. The number of hydrogen-bond acceptors (Lipinski definition) is 3. The Morgan fingerprint density at radius 2 is 1.74 bits per heavy atom. The predicted octanol–water partition coefficient (Wildman–Crippen LogP) is 3.56. The third-order valence-corrected chi connectivity index (χ3v) is 5.83. The van der Waals surface area contributed by atoms with E-state index in [1.807, 2.05) is 36.1 Å². The fourth-order valence-corrected chi connectivity index (χ4v) is 4.56. The van der Waals surface area contributed by atoms with E-state index in [9.17, 15) is 4.79 Å². The molecule has 2 fully saturated rings. The molecule has 27 heavy (non-hydrogen) atoms. The van der Waals surface area contributed by atoms with E-state index in [1.165, 1.54) is 5.56 Å². The van der Waals surface area contributed by atoms with Crippen molar-refractivity contribution in [1.29, 1.82) is 0 Å². The molecule has 0 unspecified atom stereocenters. The topological polar surface area (TPSA) is 32.8 Å². The quantitative estimate of drug-likeness (QED) is 0.805. The van der Waals surface area contributed by atoms with E-state index in [2.05, 4.69) is 42.3 Å². The molecule has 0 aliphatic carbocycles. The molecule has 144 valence electrons. The van der Waals surface area contributed by atoms with Crippen molar-refractivity contribution in [3.63, 3.8) is 0 Å². The van der Waals surface area contributed by atoms with Crippen LogP contribution in [0.4, 0.5) is 0 Å². The maximum atomic E-state index is 12.7. The van der Waals surface area contributed by atoms with Crippen LogP contribution in [-0.2, 0) is 4.79 Å². The van der Waals surface area contributed by atoms with Crippen LogP contribution in [0.25, 0.3) is 0 Å². The minimum absolute atomic E-state index is 0. The molecule has 0 spiro atoms. The zero-order valence-electron chi connectivity index (χ0n) is 15.9. The lowest BCUT2D eigenvalue weighted by Crippen LogP contribution is -2.36. The number of likely N-dealkylation sites (tertiary alicyclic amines) is 2. The smallest absolute Gasteiger partial charge is 0.260 e. The van der Waals surface area contributed by atoms with Crippen LogP contribution in [0.15, 0.2) is 54.6 Å². The van der Waals surface area contributed by atoms with Crippen molar-refractivity contribution in [3.8, 4) is 5.75 Å². The molecule has 3 atom stereocenters. The number of para-hydroxylation sites is 1. The molecular formula is C22H27ClN2O2. The molecule has 0 N–H and O–H groups in total. The Labute approximate surface area is 167 Å². The van der Waals surface area contributed by atoms with Gasteiger partial charge in [-0.2, -0.15) is 0 Å². The highest BCUT2D eigenvalue weighted by Gasteiger charge is 2.47. The van der Waals surface area contributed by atoms with Gasteiger partial charge in [0, 0.05) is 31.6 Å². The van der Waals surface area contributed by atoms with Gasteiger partial charge in [0.1, 0.15) is 5.75 Å². The normalized spacial score (nSPS) is 24.4. The summed E-state index contributed by atoms with van der Waals surface area (Å²) in [4.78, 5) is 17.1. The van der Waals surface area contributed by atoms with Gasteiger partial charge in [0.2, 0.25) is 0 Å². The molecule has 4 rings (SSSR count). The van der Waals surface area contributed by atoms with E-state index >= 15 is 0 Å². The van der Waals surface area contributed by atoms with Crippen molar-refractivity contribution < 1.29 is 9.53 Å². The summed E-state index contributed by atoms with van der Waals surface area (Å²) < 4.78 is 5.76. The Balaban J connectivity index is 0.00000210. The maximum absolute atomic E-state index is 12.7. The summed E-state index contributed by atoms with van der Waals surface area (Å²) >= 11 is 0. The summed E-state index contributed by atoms with van der Waals surface area (Å²) in [5, 5.41) is 0. The van der Waals surface area contributed by atoms with Crippen molar-refractivity contribution >= 4 is 18.3 Å². The number of carbonyl (C=O) groups is 1. The molecule has 0 radical (unpaired) electrons. The zero-order chi connectivity index (χ0) is 18.1. The van der Waals surface area contributed by atoms with Crippen LogP contribution in [0.2, 0.25) is 0 Å². The predicted molar refractivity (Wildman–Crippen MR) is 109 cm³/mol. The molecule has 2 aliphatic rings. The second-order valence-corrected chi connectivity index (χ2v) is 7.57. The fraction of sp³-hybridized carbons (Fsp3) is 0.409. The van der Waals surface area contributed by atoms with E-state index in [0.717, 1.165) is 30.9 Å². The first-order valence-corrected chi connectivity index (χ1v) is 9.35. The number of amides is 1. The average molecular weight is 387 g/mol. The van der Waals surface area contributed by atoms with E-state index in [4.69, 9.17) is 4.74 Å². The third kappa shape index (κ3) is 3.97. The molecular weight excluding hydrogens is 360 g/mol. The van der Waals surface area contributed by atoms with Crippen LogP contribution < -0.4 is 4.74 Å². The lowest BCUT2D eigenvalue weighted by atomic mass is 9.90. The number of rotatable bonds is 4. The molecule has 2 aromatic carbocycles. The van der Waals surface area contributed by atoms with Crippen molar-refractivity contribution in [2.45, 2.75) is 13.0 Å². The van der Waals surface area contributed by atoms with Gasteiger partial charge in [-0.25, -0.2) is 0 Å². The number of aryl methyl sites for hydroxylation is 1. The van der Waals surface area contributed by atoms with Crippen molar-refractivity contribution in [3.05, 3.63) is 65.7 Å². The molecule has 5 heteroatoms. The van der Waals surface area contributed by atoms with Crippen LogP contribution in [-0.4, -0.2) is 49.0 Å². The summed E-state index contributed by atoms with van der Waals surface area (Å²) in [5.41, 5.74) is 2.41. The summed E-state index contributed by atoms with van der Waals surface area (Å²) in [6.07, 6.45) is 0. The number of nitrogens with zero attached hydrogens (tertiary/aromatic N) is 2. The highest BCUT2D eigenvalue weighted by molar-refractivity contribution is 5.85. The Morgan fingerprint density at radius 1 is 1.04 bits per heavy atom. The average Bonchev–Trinajstić information content (AvgIpc) is 3.18. The maximum Gasteiger partial charge on any atom is 0.260 e. The first kappa shape index (κ1) is 19.7. The molecule has 0 saturated carbocycles. The minimum atomic E-state index is 0. The first-order valence-electron chi connectivity index (χ1n) is 9.35. The fourth-order valence-electron chi connectivity index (χ4n) is 4.56. The lowest BCUT2D eigenvalue weighted by Gasteiger charge is -2.27. The summed E-state index contributed by atoms with van der Waals surface area (Å²) in [7, 11) is 2.20. The lowest BCUT2D eigenvalue weighted by molar-refractivity contribution is -0.132. The standard InChI is InChI=1S/C22H26N2O2.ClH/c1-16-8-6-7-11-20(16)26-15-21(25)24-13-18-12-23(2)22(19(18)14-24)17-9-4-3-5-10-17;/h3-11,18-19,22H,12-15H2,1-2H3;1H/t18-,19+,22-;/m0./s1. The molecule has 2 aliphatic heterocycles. The molecule has 2 heterocycles. The van der Waals surface area contributed by atoms with Gasteiger partial charge in [-0.15, -0.1) is 12.4 Å². The second-order valence-electron chi connectivity index (χ2n) is 7.57. The molecule has 0 aromatic heterocycles. The van der Waals surface area contributed by atoms with Crippen molar-refractivity contribution in [2.75, 3.05) is 33.3 Å². The van der Waals surface area contributed by atoms with Crippen molar-refractivity contribution in [1.82, 2.24) is 9.80 Å². The number of fused-ring (bicyclic) bond motifs is 1. The molecule has 2 aromatic rings. The van der Waals surface area contributed by atoms with Crippen LogP contribution >= 0.6 is 12.4 Å². The summed E-state index contributed by atoms with van der Waals surface area (Å²) in [6.45, 7) is 4.84. The van der Waals surface area contributed by atoms with Gasteiger partial charge in [-0.3, -0.25) is 9.69 Å². The number of halogens is 1. The van der Waals surface area contributed by atoms with Gasteiger partial charge in [0.25, 0.3) is 5.91 Å². The van der Waals surface area contributed by atoms with Crippen LogP contribution in [0.1, 0.15) is 17.2 Å². The zero-order valence-corrected chi connectivity index (χ0v) is 16.7. The minimum Gasteiger partial charge on any atom is -0.484 e. The Morgan fingerprint density at radius 3 is 2.48 bits per heavy atom. The van der Waals surface area contributed by atoms with Gasteiger partial charge in [-0.05, 0) is 37.1 Å². The molecule has 4 nitrogen and oxygen atoms in total. The highest BCUT2D eigenvalue weighted by atomic mass is 35.5. The van der Waals surface area contributed by atoms with E-state index in [1.54, 1.807) is 0 Å². The van der Waals surface area contributed by atoms with Crippen molar-refractivity contribution in [2.24, 2.45) is 11.8 Å². The van der Waals surface area contributed by atoms with E-state index in [-0.39, 0.29) is 24.9 Å². The van der Waals surface area contributed by atoms with Gasteiger partial charge in [0.05, 0.1) is 0 Å². The van der Waals surface area contributed by atoms with Gasteiger partial charge >= 0.3 is 0 Å². The molecule has 1 amide bonds. The first-order chi connectivity index (χ1) is 12.6. The van der Waals surface area contributed by atoms with Crippen LogP contribution in [0.5, 0.6) is 5.75 Å². The van der Waals surface area contributed by atoms with Gasteiger partial charge in [-0.1, -0.05) is 48.5 Å². The Bertz CT molecular complexity index is 783. The van der Waals surface area contributed by atoms with E-state index < -0.39 is 0 Å². The van der Waals surface area contributed by atoms with Crippen LogP contribution in [0, 0.1) is 18.8 Å².